The average molecular weight is 242 g/mol. The van der Waals surface area contributed by atoms with Gasteiger partial charge in [0.15, 0.2) is 0 Å². The third-order valence-electron chi connectivity index (χ3n) is 2.42. The molecule has 1 aromatic heterocycles. The molecule has 1 atom stereocenters. The lowest BCUT2D eigenvalue weighted by molar-refractivity contribution is 0.758. The molecule has 3 N–H and O–H groups in total. The lowest BCUT2D eigenvalue weighted by atomic mass is 10.0. The molecule has 0 saturated carbocycles. The van der Waals surface area contributed by atoms with Crippen molar-refractivity contribution in [1.29, 1.82) is 0 Å². The maximum Gasteiger partial charge on any atom is 0.137 e. The molecule has 0 unspecified atom stereocenters. The minimum Gasteiger partial charge on any atom is -0.383 e. The van der Waals surface area contributed by atoms with Crippen molar-refractivity contribution in [1.82, 2.24) is 10.3 Å². The van der Waals surface area contributed by atoms with E-state index in [4.69, 9.17) is 5.73 Å². The first-order chi connectivity index (χ1) is 6.27. The van der Waals surface area contributed by atoms with Crippen LogP contribution in [0.3, 0.4) is 0 Å². The maximum atomic E-state index is 5.61. The first-order valence-corrected chi connectivity index (χ1v) is 5.18. The van der Waals surface area contributed by atoms with E-state index in [0.717, 1.165) is 17.6 Å². The molecule has 0 radical (unpaired) electrons. The van der Waals surface area contributed by atoms with Gasteiger partial charge < -0.3 is 11.1 Å². The largest absolute Gasteiger partial charge is 0.383 e. The third-order valence-corrected chi connectivity index (χ3v) is 3.06. The van der Waals surface area contributed by atoms with Gasteiger partial charge in [0, 0.05) is 12.7 Å². The van der Waals surface area contributed by atoms with E-state index >= 15 is 0 Å². The Hall–Kier alpha value is -0.610. The molecule has 3 nitrogen and oxygen atoms in total. The molecule has 0 bridgehead atoms. The van der Waals surface area contributed by atoms with Crippen LogP contribution in [-0.2, 0) is 0 Å². The Balaban J connectivity index is 2.25. The predicted octanol–water partition coefficient (Wildman–Crippen LogP) is 1.50. The van der Waals surface area contributed by atoms with Crippen LogP contribution in [0.2, 0.25) is 0 Å². The fourth-order valence-electron chi connectivity index (χ4n) is 1.63. The summed E-state index contributed by atoms with van der Waals surface area (Å²) in [6.07, 6.45) is 3.07. The molecule has 1 aliphatic rings. The zero-order valence-corrected chi connectivity index (χ0v) is 8.84. The van der Waals surface area contributed by atoms with Gasteiger partial charge >= 0.3 is 0 Å². The minimum atomic E-state index is 0.565. The van der Waals surface area contributed by atoms with Gasteiger partial charge in [0.1, 0.15) is 5.82 Å². The summed E-state index contributed by atoms with van der Waals surface area (Å²) in [5.41, 5.74) is 6.88. The van der Waals surface area contributed by atoms with Gasteiger partial charge in [-0.2, -0.15) is 0 Å². The molecule has 70 valence electrons. The second kappa shape index (κ2) is 3.64. The van der Waals surface area contributed by atoms with Gasteiger partial charge in [0.05, 0.1) is 4.47 Å². The third kappa shape index (κ3) is 1.84. The number of nitrogens with zero attached hydrogens (tertiary/aromatic N) is 1. The summed E-state index contributed by atoms with van der Waals surface area (Å²) in [4.78, 5) is 4.13. The van der Waals surface area contributed by atoms with Crippen molar-refractivity contribution in [3.05, 3.63) is 22.3 Å². The molecule has 13 heavy (non-hydrogen) atoms. The molecule has 0 amide bonds. The molecule has 0 aliphatic carbocycles. The number of hydrogen-bond acceptors (Lipinski definition) is 3. The predicted molar refractivity (Wildman–Crippen MR) is 56.6 cm³/mol. The molecule has 1 aliphatic heterocycles. The molecule has 4 heteroatoms. The monoisotopic (exact) mass is 241 g/mol. The minimum absolute atomic E-state index is 0.565. The Bertz CT molecular complexity index is 308. The van der Waals surface area contributed by atoms with E-state index in [2.05, 4.69) is 32.3 Å². The Morgan fingerprint density at radius 3 is 3.08 bits per heavy atom. The van der Waals surface area contributed by atoms with Crippen LogP contribution in [0.5, 0.6) is 0 Å². The number of rotatable bonds is 1. The van der Waals surface area contributed by atoms with E-state index in [1.807, 2.05) is 6.20 Å². The number of nitrogens with two attached hydrogens (primary N) is 1. The van der Waals surface area contributed by atoms with Gasteiger partial charge in [-0.15, -0.1) is 0 Å². The lowest BCUT2D eigenvalue weighted by Crippen LogP contribution is -2.08. The highest BCUT2D eigenvalue weighted by molar-refractivity contribution is 9.10. The van der Waals surface area contributed by atoms with Crippen molar-refractivity contribution in [2.75, 3.05) is 18.8 Å². The standard InChI is InChI=1S/C9H12BrN3/c10-8-3-7(5-13-9(8)11)6-1-2-12-4-6/h3,5-6,12H,1-2,4H2,(H2,11,13)/t6-/m0/s1. The summed E-state index contributed by atoms with van der Waals surface area (Å²) in [5, 5.41) is 3.33. The van der Waals surface area contributed by atoms with Crippen LogP contribution >= 0.6 is 15.9 Å². The highest BCUT2D eigenvalue weighted by atomic mass is 79.9. The number of nitrogen functional groups attached to an aromatic ring is 1. The van der Waals surface area contributed by atoms with E-state index in [-0.39, 0.29) is 0 Å². The molecule has 0 spiro atoms. The summed E-state index contributed by atoms with van der Waals surface area (Å²) in [5.74, 6) is 1.17. The molecule has 2 rings (SSSR count). The van der Waals surface area contributed by atoms with E-state index in [1.165, 1.54) is 12.0 Å². The molecular weight excluding hydrogens is 230 g/mol. The van der Waals surface area contributed by atoms with E-state index < -0.39 is 0 Å². The van der Waals surface area contributed by atoms with E-state index in [1.54, 1.807) is 0 Å². The van der Waals surface area contributed by atoms with Crippen molar-refractivity contribution >= 4 is 21.7 Å². The second-order valence-corrected chi connectivity index (χ2v) is 4.18. The van der Waals surface area contributed by atoms with Gasteiger partial charge in [0.25, 0.3) is 0 Å². The van der Waals surface area contributed by atoms with Gasteiger partial charge in [-0.1, -0.05) is 0 Å². The van der Waals surface area contributed by atoms with Crippen LogP contribution in [0, 0.1) is 0 Å². The highest BCUT2D eigenvalue weighted by Crippen LogP contribution is 2.26. The fraction of sp³-hybridized carbons (Fsp3) is 0.444. The molecule has 2 heterocycles. The topological polar surface area (TPSA) is 50.9 Å². The Labute approximate surface area is 85.9 Å². The average Bonchev–Trinajstić information content (AvgIpc) is 2.62. The first kappa shape index (κ1) is 8.97. The summed E-state index contributed by atoms with van der Waals surface area (Å²) < 4.78 is 0.900. The van der Waals surface area contributed by atoms with Gasteiger partial charge in [0.2, 0.25) is 0 Å². The number of hydrogen-bond donors (Lipinski definition) is 2. The van der Waals surface area contributed by atoms with E-state index in [9.17, 15) is 0 Å². The van der Waals surface area contributed by atoms with Gasteiger partial charge in [-0.05, 0) is 46.4 Å². The number of aromatic nitrogens is 1. The van der Waals surface area contributed by atoms with Crippen molar-refractivity contribution in [2.45, 2.75) is 12.3 Å². The maximum absolute atomic E-state index is 5.61. The van der Waals surface area contributed by atoms with Crippen LogP contribution in [0.25, 0.3) is 0 Å². The SMILES string of the molecule is Nc1ncc([C@H]2CCNC2)cc1Br. The van der Waals surface area contributed by atoms with Crippen LogP contribution in [0.4, 0.5) is 5.82 Å². The van der Waals surface area contributed by atoms with Crippen molar-refractivity contribution in [3.8, 4) is 0 Å². The Morgan fingerprint density at radius 1 is 1.62 bits per heavy atom. The highest BCUT2D eigenvalue weighted by Gasteiger charge is 2.17. The van der Waals surface area contributed by atoms with Gasteiger partial charge in [-0.3, -0.25) is 0 Å². The van der Waals surface area contributed by atoms with Crippen LogP contribution in [-0.4, -0.2) is 18.1 Å². The molecule has 0 aromatic carbocycles. The number of nitrogens with one attached hydrogen (secondary N) is 1. The van der Waals surface area contributed by atoms with Crippen LogP contribution < -0.4 is 11.1 Å². The fourth-order valence-corrected chi connectivity index (χ4v) is 1.99. The van der Waals surface area contributed by atoms with Gasteiger partial charge in [-0.25, -0.2) is 4.98 Å². The molecular formula is C9H12BrN3. The number of halogens is 1. The second-order valence-electron chi connectivity index (χ2n) is 3.33. The first-order valence-electron chi connectivity index (χ1n) is 4.39. The zero-order valence-electron chi connectivity index (χ0n) is 7.26. The summed E-state index contributed by atoms with van der Waals surface area (Å²) in [6, 6.07) is 2.07. The normalized spacial score (nSPS) is 22.1. The smallest absolute Gasteiger partial charge is 0.137 e. The van der Waals surface area contributed by atoms with Crippen molar-refractivity contribution in [3.63, 3.8) is 0 Å². The molecule has 1 aromatic rings. The Kier molecular flexibility index (Phi) is 2.51. The zero-order chi connectivity index (χ0) is 9.26. The number of pyridine rings is 1. The van der Waals surface area contributed by atoms with E-state index in [0.29, 0.717) is 11.7 Å². The molecule has 1 fully saturated rings. The van der Waals surface area contributed by atoms with Crippen molar-refractivity contribution < 1.29 is 0 Å². The quantitative estimate of drug-likeness (QED) is 0.784. The lowest BCUT2D eigenvalue weighted by Gasteiger charge is -2.08. The Morgan fingerprint density at radius 2 is 2.46 bits per heavy atom. The van der Waals surface area contributed by atoms with Crippen LogP contribution in [0.15, 0.2) is 16.7 Å². The summed E-state index contributed by atoms with van der Waals surface area (Å²) in [6.45, 7) is 2.16. The summed E-state index contributed by atoms with van der Waals surface area (Å²) in [7, 11) is 0. The van der Waals surface area contributed by atoms with Crippen molar-refractivity contribution in [2.24, 2.45) is 0 Å². The van der Waals surface area contributed by atoms with Crippen LogP contribution in [0.1, 0.15) is 17.9 Å². The summed E-state index contributed by atoms with van der Waals surface area (Å²) >= 11 is 3.39. The molecule has 1 saturated heterocycles. The number of anilines is 1.